The Labute approximate surface area is 172 Å². The Balaban J connectivity index is 0.000000187. The van der Waals surface area contributed by atoms with E-state index in [0.29, 0.717) is 10.8 Å². The van der Waals surface area contributed by atoms with E-state index in [1.165, 1.54) is 12.4 Å². The van der Waals surface area contributed by atoms with Crippen LogP contribution in [-0.4, -0.2) is 9.97 Å². The van der Waals surface area contributed by atoms with Gasteiger partial charge < -0.3 is 10.2 Å². The monoisotopic (exact) mass is 445 g/mol. The molecule has 2 aromatic carbocycles. The van der Waals surface area contributed by atoms with Gasteiger partial charge in [0, 0.05) is 23.2 Å². The van der Waals surface area contributed by atoms with Crippen molar-refractivity contribution in [3.8, 4) is 11.5 Å². The molecule has 9 heteroatoms. The Morgan fingerprint density at radius 3 is 1.48 bits per heavy atom. The van der Waals surface area contributed by atoms with Gasteiger partial charge in [-0.05, 0) is 47.9 Å². The van der Waals surface area contributed by atoms with Gasteiger partial charge in [0.15, 0.2) is 0 Å². The first kappa shape index (κ1) is 21.1. The molecule has 0 bridgehead atoms. The van der Waals surface area contributed by atoms with E-state index in [1.807, 2.05) is 0 Å². The van der Waals surface area contributed by atoms with Crippen LogP contribution in [0.3, 0.4) is 0 Å². The summed E-state index contributed by atoms with van der Waals surface area (Å²) in [6.07, 6.45) is 2.86. The van der Waals surface area contributed by atoms with E-state index in [4.69, 9.17) is 23.2 Å². The van der Waals surface area contributed by atoms with Gasteiger partial charge in [0.25, 0.3) is 0 Å². The average molecular weight is 446 g/mol. The van der Waals surface area contributed by atoms with Crippen molar-refractivity contribution in [1.29, 1.82) is 0 Å². The first-order valence-corrected chi connectivity index (χ1v) is 7.95. The van der Waals surface area contributed by atoms with Crippen molar-refractivity contribution < 1.29 is 36.1 Å². The Morgan fingerprint density at radius 1 is 0.741 bits per heavy atom. The van der Waals surface area contributed by atoms with Crippen LogP contribution in [0.5, 0.6) is 11.5 Å². The molecule has 0 aliphatic heterocycles. The van der Waals surface area contributed by atoms with Crippen LogP contribution in [0.1, 0.15) is 0 Å². The predicted molar refractivity (Wildman–Crippen MR) is 92.3 cm³/mol. The molecule has 0 amide bonds. The van der Waals surface area contributed by atoms with E-state index in [1.54, 1.807) is 24.3 Å². The molecule has 2 heterocycles. The summed E-state index contributed by atoms with van der Waals surface area (Å²) in [6, 6.07) is 8.57. The van der Waals surface area contributed by atoms with Crippen molar-refractivity contribution in [2.24, 2.45) is 0 Å². The van der Waals surface area contributed by atoms with Gasteiger partial charge in [-0.1, -0.05) is 23.2 Å². The van der Waals surface area contributed by atoms with Crippen molar-refractivity contribution in [3.63, 3.8) is 0 Å². The summed E-state index contributed by atoms with van der Waals surface area (Å²) in [5, 5.41) is 23.7. The Bertz CT molecular complexity index is 1040. The number of pyridine rings is 2. The Hall–Kier alpha value is -2.18. The van der Waals surface area contributed by atoms with E-state index in [2.05, 4.69) is 9.97 Å². The van der Waals surface area contributed by atoms with Crippen LogP contribution in [0.2, 0.25) is 10.0 Å². The van der Waals surface area contributed by atoms with Gasteiger partial charge in [0.05, 0.1) is 21.1 Å². The Kier molecular flexibility index (Phi) is 6.78. The van der Waals surface area contributed by atoms with Gasteiger partial charge in [-0.25, -0.2) is 8.78 Å². The molecule has 0 aliphatic rings. The second kappa shape index (κ2) is 8.67. The largest absolute Gasteiger partial charge is 2.00 e. The molecule has 0 spiro atoms. The fourth-order valence-electron chi connectivity index (χ4n) is 2.29. The first-order chi connectivity index (χ1) is 12.4. The van der Waals surface area contributed by atoms with Crippen LogP contribution in [0.15, 0.2) is 48.8 Å². The summed E-state index contributed by atoms with van der Waals surface area (Å²) in [5.41, 5.74) is 0.153. The molecule has 0 aliphatic carbocycles. The number of hydrogen-bond acceptors (Lipinski definition) is 4. The first-order valence-electron chi connectivity index (χ1n) is 7.19. The summed E-state index contributed by atoms with van der Waals surface area (Å²) < 4.78 is 25.7. The zero-order chi connectivity index (χ0) is 18.8. The van der Waals surface area contributed by atoms with Crippen LogP contribution >= 0.6 is 23.2 Å². The number of benzene rings is 2. The van der Waals surface area contributed by atoms with Gasteiger partial charge in [-0.2, -0.15) is 0 Å². The standard InChI is InChI=1S/2C9H5ClFNO.Mn/c2*10-6-4-7(11)9(13)8-5(6)2-1-3-12-8;/h2*1-4,13H;/q;;+2/p-2/i2*11-1;. The van der Waals surface area contributed by atoms with Crippen molar-refractivity contribution in [3.05, 3.63) is 70.5 Å². The molecular weight excluding hydrogens is 438 g/mol. The smallest absolute Gasteiger partial charge is 0.869 e. The fraction of sp³-hybridized carbons (Fsp3) is 0. The van der Waals surface area contributed by atoms with Crippen LogP contribution in [0.25, 0.3) is 21.8 Å². The van der Waals surface area contributed by atoms with Crippen molar-refractivity contribution in [1.82, 2.24) is 9.97 Å². The summed E-state index contributed by atoms with van der Waals surface area (Å²) in [4.78, 5) is 7.53. The minimum absolute atomic E-state index is 0. The van der Waals surface area contributed by atoms with E-state index < -0.39 is 23.1 Å². The van der Waals surface area contributed by atoms with Crippen molar-refractivity contribution >= 4 is 45.0 Å². The molecule has 4 rings (SSSR count). The van der Waals surface area contributed by atoms with Gasteiger partial charge >= 0.3 is 17.1 Å². The van der Waals surface area contributed by atoms with E-state index >= 15 is 0 Å². The van der Waals surface area contributed by atoms with E-state index in [0.717, 1.165) is 12.1 Å². The quantitative estimate of drug-likeness (QED) is 0.380. The third-order valence-electron chi connectivity index (χ3n) is 3.50. The van der Waals surface area contributed by atoms with Crippen LogP contribution in [-0.2, 0) is 17.1 Å². The molecule has 0 saturated heterocycles. The Morgan fingerprint density at radius 2 is 1.11 bits per heavy atom. The zero-order valence-corrected chi connectivity index (χ0v) is 15.9. The number of halogens is 4. The molecule has 0 saturated carbocycles. The van der Waals surface area contributed by atoms with Gasteiger partial charge in [0.1, 0.15) is 11.6 Å². The molecule has 0 fully saturated rings. The maximum atomic E-state index is 12.9. The van der Waals surface area contributed by atoms with Crippen LogP contribution < -0.4 is 10.2 Å². The predicted octanol–water partition coefficient (Wildman–Crippen LogP) is 4.20. The van der Waals surface area contributed by atoms with Gasteiger partial charge in [-0.3, -0.25) is 9.97 Å². The van der Waals surface area contributed by atoms with Crippen molar-refractivity contribution in [2.45, 2.75) is 0 Å². The topological polar surface area (TPSA) is 71.9 Å². The van der Waals surface area contributed by atoms with Crippen molar-refractivity contribution in [2.75, 3.05) is 0 Å². The second-order valence-electron chi connectivity index (χ2n) is 5.14. The summed E-state index contributed by atoms with van der Waals surface area (Å²) in [7, 11) is 0. The SMILES string of the molecule is [Mn+2].[O-]c1c([18F])cc(Cl)c2cccnc12.[O-]c1c([18F])cc(Cl)c2cccnc12. The van der Waals surface area contributed by atoms with Gasteiger partial charge in [0.2, 0.25) is 0 Å². The molecule has 137 valence electrons. The number of hydrogen-bond donors (Lipinski definition) is 0. The molecule has 2 aromatic heterocycles. The number of fused-ring (bicyclic) bond motifs is 2. The molecule has 0 unspecified atom stereocenters. The third kappa shape index (κ3) is 4.22. The number of rotatable bonds is 0. The minimum atomic E-state index is -0.865. The summed E-state index contributed by atoms with van der Waals surface area (Å²) in [6.45, 7) is 0. The maximum absolute atomic E-state index is 12.9. The molecule has 1 radical (unpaired) electrons. The molecular formula is C18H8Cl2F2MnN2O2. The van der Waals surface area contributed by atoms with Crippen LogP contribution in [0.4, 0.5) is 8.78 Å². The van der Waals surface area contributed by atoms with E-state index in [9.17, 15) is 19.0 Å². The second-order valence-corrected chi connectivity index (χ2v) is 5.95. The average Bonchev–Trinajstić information content (AvgIpc) is 2.65. The minimum Gasteiger partial charge on any atom is -0.869 e. The fourth-order valence-corrected chi connectivity index (χ4v) is 2.79. The molecule has 0 N–H and O–H groups in total. The summed E-state index contributed by atoms with van der Waals surface area (Å²) >= 11 is 11.4. The molecule has 27 heavy (non-hydrogen) atoms. The molecule has 4 aromatic rings. The molecule has 4 nitrogen and oxygen atoms in total. The number of aromatic nitrogens is 2. The van der Waals surface area contributed by atoms with Crippen LogP contribution in [0, 0.1) is 11.6 Å². The maximum Gasteiger partial charge on any atom is 2.00 e. The van der Waals surface area contributed by atoms with E-state index in [-0.39, 0.29) is 38.1 Å². The third-order valence-corrected chi connectivity index (χ3v) is 4.13. The normalized spacial score (nSPS) is 10.2. The molecule has 0 atom stereocenters. The summed E-state index contributed by atoms with van der Waals surface area (Å²) in [5.74, 6) is -3.15. The number of nitrogens with zero attached hydrogens (tertiary/aromatic N) is 2. The van der Waals surface area contributed by atoms with Gasteiger partial charge in [-0.15, -0.1) is 0 Å². The zero-order valence-electron chi connectivity index (χ0n) is 13.2.